The molecule has 2 heterocycles. The van der Waals surface area contributed by atoms with Gasteiger partial charge in [0.1, 0.15) is 5.82 Å². The maximum Gasteiger partial charge on any atom is 0.247 e. The summed E-state index contributed by atoms with van der Waals surface area (Å²) < 4.78 is 1.59. The Bertz CT molecular complexity index is 352. The van der Waals surface area contributed by atoms with Gasteiger partial charge in [0.2, 0.25) is 5.91 Å². The predicted octanol–water partition coefficient (Wildman–Crippen LogP) is -0.365. The summed E-state index contributed by atoms with van der Waals surface area (Å²) in [6.45, 7) is 0.473. The average molecular weight is 164 g/mol. The summed E-state index contributed by atoms with van der Waals surface area (Å²) in [5, 5.41) is 6.96. The van der Waals surface area contributed by atoms with Crippen molar-refractivity contribution in [1.82, 2.24) is 9.78 Å². The first-order valence-electron chi connectivity index (χ1n) is 3.55. The summed E-state index contributed by atoms with van der Waals surface area (Å²) in [6, 6.07) is 1.83. The van der Waals surface area contributed by atoms with Crippen molar-refractivity contribution in [3.63, 3.8) is 0 Å². The molecule has 0 aromatic carbocycles. The molecule has 1 aliphatic rings. The predicted molar refractivity (Wildman–Crippen MR) is 44.2 cm³/mol. The number of aromatic nitrogens is 2. The van der Waals surface area contributed by atoms with Crippen LogP contribution in [0.25, 0.3) is 6.20 Å². The summed E-state index contributed by atoms with van der Waals surface area (Å²) in [5.74, 6) is 0.462. The van der Waals surface area contributed by atoms with E-state index in [1.54, 1.807) is 17.1 Å². The normalized spacial score (nSPS) is 14.5. The van der Waals surface area contributed by atoms with Gasteiger partial charge >= 0.3 is 0 Å². The van der Waals surface area contributed by atoms with E-state index < -0.39 is 5.91 Å². The van der Waals surface area contributed by atoms with Crippen LogP contribution in [-0.2, 0) is 4.79 Å². The van der Waals surface area contributed by atoms with Crippen LogP contribution in [0.2, 0.25) is 0 Å². The molecule has 0 radical (unpaired) electrons. The Morgan fingerprint density at radius 3 is 3.33 bits per heavy atom. The zero-order valence-electron chi connectivity index (χ0n) is 6.32. The highest BCUT2D eigenvalue weighted by Gasteiger charge is 2.12. The summed E-state index contributed by atoms with van der Waals surface area (Å²) in [5.41, 5.74) is 5.64. The molecule has 0 aliphatic carbocycles. The van der Waals surface area contributed by atoms with Crippen molar-refractivity contribution in [2.24, 2.45) is 5.73 Å². The highest BCUT2D eigenvalue weighted by Crippen LogP contribution is 2.13. The maximum atomic E-state index is 10.8. The molecule has 0 fully saturated rings. The number of amides is 1. The fourth-order valence-electron chi connectivity index (χ4n) is 1.09. The smallest absolute Gasteiger partial charge is 0.247 e. The first-order chi connectivity index (χ1) is 5.77. The molecule has 3 N–H and O–H groups in total. The highest BCUT2D eigenvalue weighted by molar-refractivity contribution is 5.96. The molecule has 1 aromatic heterocycles. The van der Waals surface area contributed by atoms with E-state index in [-0.39, 0.29) is 0 Å². The first-order valence-corrected chi connectivity index (χ1v) is 3.55. The van der Waals surface area contributed by atoms with Gasteiger partial charge in [-0.3, -0.25) is 4.79 Å². The van der Waals surface area contributed by atoms with Gasteiger partial charge < -0.3 is 11.1 Å². The number of nitrogens with two attached hydrogens (primary N) is 1. The molecule has 0 atom stereocenters. The van der Waals surface area contributed by atoms with Gasteiger partial charge in [0, 0.05) is 18.8 Å². The van der Waals surface area contributed by atoms with Crippen LogP contribution < -0.4 is 11.1 Å². The van der Waals surface area contributed by atoms with E-state index in [1.165, 1.54) is 0 Å². The lowest BCUT2D eigenvalue weighted by Crippen LogP contribution is -2.24. The Balaban J connectivity index is 2.41. The van der Waals surface area contributed by atoms with E-state index in [9.17, 15) is 4.79 Å². The fraction of sp³-hybridized carbons (Fsp3) is 0.143. The SMILES string of the molecule is NC(=O)C1=Cn2nccc2NC1. The van der Waals surface area contributed by atoms with Gasteiger partial charge in [-0.25, -0.2) is 4.68 Å². The molecule has 5 heteroatoms. The number of fused-ring (bicyclic) bond motifs is 1. The van der Waals surface area contributed by atoms with Gasteiger partial charge in [0.25, 0.3) is 0 Å². The van der Waals surface area contributed by atoms with Gasteiger partial charge in [0.05, 0.1) is 11.8 Å². The zero-order chi connectivity index (χ0) is 8.55. The van der Waals surface area contributed by atoms with Gasteiger partial charge in [-0.15, -0.1) is 0 Å². The van der Waals surface area contributed by atoms with Crippen LogP contribution in [0.5, 0.6) is 0 Å². The number of rotatable bonds is 1. The van der Waals surface area contributed by atoms with Crippen LogP contribution in [0.3, 0.4) is 0 Å². The Morgan fingerprint density at radius 2 is 2.58 bits per heavy atom. The minimum atomic E-state index is -0.413. The second kappa shape index (κ2) is 2.37. The third-order valence-corrected chi connectivity index (χ3v) is 1.72. The molecule has 0 unspecified atom stereocenters. The van der Waals surface area contributed by atoms with Crippen molar-refractivity contribution in [2.75, 3.05) is 11.9 Å². The molecule has 12 heavy (non-hydrogen) atoms. The van der Waals surface area contributed by atoms with Crippen molar-refractivity contribution < 1.29 is 4.79 Å². The van der Waals surface area contributed by atoms with Gasteiger partial charge in [-0.05, 0) is 0 Å². The second-order valence-electron chi connectivity index (χ2n) is 2.53. The molecule has 0 saturated heterocycles. The van der Waals surface area contributed by atoms with Crippen LogP contribution in [0.15, 0.2) is 17.8 Å². The molecule has 62 valence electrons. The molecule has 0 spiro atoms. The van der Waals surface area contributed by atoms with Gasteiger partial charge in [-0.1, -0.05) is 0 Å². The minimum absolute atomic E-state index is 0.413. The van der Waals surface area contributed by atoms with E-state index >= 15 is 0 Å². The monoisotopic (exact) mass is 164 g/mol. The number of anilines is 1. The second-order valence-corrected chi connectivity index (χ2v) is 2.53. The fourth-order valence-corrected chi connectivity index (χ4v) is 1.09. The van der Waals surface area contributed by atoms with E-state index in [4.69, 9.17) is 5.73 Å². The summed E-state index contributed by atoms with van der Waals surface area (Å²) in [7, 11) is 0. The van der Waals surface area contributed by atoms with Crippen molar-refractivity contribution in [1.29, 1.82) is 0 Å². The molecular weight excluding hydrogens is 156 g/mol. The third-order valence-electron chi connectivity index (χ3n) is 1.72. The Labute approximate surface area is 68.9 Å². The van der Waals surface area contributed by atoms with Crippen LogP contribution in [-0.4, -0.2) is 22.2 Å². The Hall–Kier alpha value is -1.78. The molecule has 5 nitrogen and oxygen atoms in total. The van der Waals surface area contributed by atoms with Crippen LogP contribution >= 0.6 is 0 Å². The third kappa shape index (κ3) is 0.952. The number of hydrogen-bond acceptors (Lipinski definition) is 3. The lowest BCUT2D eigenvalue weighted by atomic mass is 10.2. The Morgan fingerprint density at radius 1 is 1.75 bits per heavy atom. The average Bonchev–Trinajstić information content (AvgIpc) is 2.49. The number of nitrogens with zero attached hydrogens (tertiary/aromatic N) is 2. The summed E-state index contributed by atoms with van der Waals surface area (Å²) >= 11 is 0. The quantitative estimate of drug-likeness (QED) is 0.595. The van der Waals surface area contributed by atoms with Crippen molar-refractivity contribution >= 4 is 17.9 Å². The zero-order valence-corrected chi connectivity index (χ0v) is 6.32. The van der Waals surface area contributed by atoms with Crippen molar-refractivity contribution in [3.8, 4) is 0 Å². The van der Waals surface area contributed by atoms with Gasteiger partial charge in [-0.2, -0.15) is 5.10 Å². The maximum absolute atomic E-state index is 10.8. The van der Waals surface area contributed by atoms with Crippen molar-refractivity contribution in [2.45, 2.75) is 0 Å². The molecule has 1 amide bonds. The number of carbonyl (C=O) groups excluding carboxylic acids is 1. The lowest BCUT2D eigenvalue weighted by Gasteiger charge is -2.13. The van der Waals surface area contributed by atoms with Crippen LogP contribution in [0, 0.1) is 0 Å². The molecule has 2 rings (SSSR count). The van der Waals surface area contributed by atoms with Gasteiger partial charge in [0.15, 0.2) is 0 Å². The Kier molecular flexibility index (Phi) is 1.36. The van der Waals surface area contributed by atoms with E-state index in [0.29, 0.717) is 12.1 Å². The number of carbonyl (C=O) groups is 1. The molecular formula is C7H8N4O. The van der Waals surface area contributed by atoms with Crippen LogP contribution in [0.4, 0.5) is 5.82 Å². The van der Waals surface area contributed by atoms with E-state index in [0.717, 1.165) is 5.82 Å². The van der Waals surface area contributed by atoms with E-state index in [1.807, 2.05) is 6.07 Å². The van der Waals surface area contributed by atoms with Crippen molar-refractivity contribution in [3.05, 3.63) is 17.8 Å². The number of nitrogens with one attached hydrogen (secondary N) is 1. The topological polar surface area (TPSA) is 72.9 Å². The highest BCUT2D eigenvalue weighted by atomic mass is 16.1. The lowest BCUT2D eigenvalue weighted by molar-refractivity contribution is -0.114. The molecule has 1 aliphatic heterocycles. The standard InChI is InChI=1S/C7H8N4O/c8-7(12)5-3-9-6-1-2-10-11(6)4-5/h1-2,4,9H,3H2,(H2,8,12). The molecule has 0 bridgehead atoms. The number of primary amides is 1. The summed E-state index contributed by atoms with van der Waals surface area (Å²) in [6.07, 6.45) is 3.29. The van der Waals surface area contributed by atoms with Crippen LogP contribution in [0.1, 0.15) is 0 Å². The van der Waals surface area contributed by atoms with E-state index in [2.05, 4.69) is 10.4 Å². The molecule has 0 saturated carbocycles. The number of hydrogen-bond donors (Lipinski definition) is 2. The largest absolute Gasteiger partial charge is 0.366 e. The summed E-state index contributed by atoms with van der Waals surface area (Å²) in [4.78, 5) is 10.8. The minimum Gasteiger partial charge on any atom is -0.366 e. The molecule has 1 aromatic rings. The first kappa shape index (κ1) is 6.90.